The highest BCUT2D eigenvalue weighted by Crippen LogP contribution is 2.37. The minimum absolute atomic E-state index is 0.331. The van der Waals surface area contributed by atoms with E-state index < -0.39 is 0 Å². The molecule has 21 heavy (non-hydrogen) atoms. The van der Waals surface area contributed by atoms with Gasteiger partial charge in [0.2, 0.25) is 5.95 Å². The molecule has 3 aromatic rings. The monoisotopic (exact) mass is 304 g/mol. The topological polar surface area (TPSA) is 75.2 Å². The number of methoxy groups -OCH3 is 2. The molecule has 6 nitrogen and oxygen atoms in total. The van der Waals surface area contributed by atoms with E-state index >= 15 is 0 Å². The number of hydrogen-bond acceptors (Lipinski definition) is 5. The van der Waals surface area contributed by atoms with Gasteiger partial charge in [-0.1, -0.05) is 11.6 Å². The zero-order chi connectivity index (χ0) is 15.0. The van der Waals surface area contributed by atoms with E-state index in [1.165, 1.54) is 0 Å². The van der Waals surface area contributed by atoms with Gasteiger partial charge in [-0.3, -0.25) is 9.55 Å². The van der Waals surface area contributed by atoms with Crippen molar-refractivity contribution >= 4 is 28.6 Å². The molecule has 0 aliphatic rings. The molecule has 7 heteroatoms. The van der Waals surface area contributed by atoms with Crippen molar-refractivity contribution < 1.29 is 9.47 Å². The normalized spacial score (nSPS) is 10.8. The summed E-state index contributed by atoms with van der Waals surface area (Å²) in [7, 11) is 3.12. The lowest BCUT2D eigenvalue weighted by atomic mass is 10.2. The molecular formula is C14H13ClN4O2. The first-order chi connectivity index (χ1) is 10.2. The maximum atomic E-state index is 6.21. The fourth-order valence-electron chi connectivity index (χ4n) is 2.22. The predicted molar refractivity (Wildman–Crippen MR) is 81.4 cm³/mol. The Morgan fingerprint density at radius 3 is 2.67 bits per heavy atom. The molecule has 2 N–H and O–H groups in total. The van der Waals surface area contributed by atoms with Crippen LogP contribution in [0.5, 0.6) is 11.5 Å². The zero-order valence-electron chi connectivity index (χ0n) is 11.5. The van der Waals surface area contributed by atoms with Crippen molar-refractivity contribution in [2.24, 2.45) is 0 Å². The lowest BCUT2D eigenvalue weighted by molar-refractivity contribution is 0.393. The van der Waals surface area contributed by atoms with Gasteiger partial charge in [0.1, 0.15) is 17.0 Å². The molecule has 0 saturated heterocycles. The first-order valence-electron chi connectivity index (χ1n) is 6.15. The molecule has 3 rings (SSSR count). The van der Waals surface area contributed by atoms with E-state index in [1.54, 1.807) is 43.3 Å². The minimum Gasteiger partial charge on any atom is -0.495 e. The molecule has 0 radical (unpaired) electrons. The molecule has 0 amide bonds. The Labute approximate surface area is 126 Å². The molecule has 2 aromatic heterocycles. The van der Waals surface area contributed by atoms with Crippen molar-refractivity contribution in [3.05, 3.63) is 35.6 Å². The van der Waals surface area contributed by atoms with Gasteiger partial charge in [-0.15, -0.1) is 0 Å². The molecule has 1 aromatic carbocycles. The molecule has 0 fully saturated rings. The van der Waals surface area contributed by atoms with E-state index in [0.717, 1.165) is 5.52 Å². The van der Waals surface area contributed by atoms with Gasteiger partial charge < -0.3 is 15.2 Å². The van der Waals surface area contributed by atoms with Crippen LogP contribution < -0.4 is 15.2 Å². The van der Waals surface area contributed by atoms with Crippen LogP contribution in [0.3, 0.4) is 0 Å². The first kappa shape index (κ1) is 13.5. The predicted octanol–water partition coefficient (Wildman–Crippen LogP) is 2.67. The highest BCUT2D eigenvalue weighted by molar-refractivity contribution is 6.32. The van der Waals surface area contributed by atoms with Crippen LogP contribution in [-0.2, 0) is 0 Å². The van der Waals surface area contributed by atoms with Crippen LogP contribution in [-0.4, -0.2) is 28.8 Å². The van der Waals surface area contributed by atoms with Crippen LogP contribution in [0.15, 0.2) is 30.6 Å². The number of hydrogen-bond donors (Lipinski definition) is 1. The second-order valence-electron chi connectivity index (χ2n) is 4.33. The van der Waals surface area contributed by atoms with Gasteiger partial charge in [-0.2, -0.15) is 0 Å². The number of anilines is 1. The molecule has 0 aliphatic carbocycles. The third-order valence-corrected chi connectivity index (χ3v) is 3.47. The first-order valence-corrected chi connectivity index (χ1v) is 6.53. The number of fused-ring (bicyclic) bond motifs is 1. The molecule has 2 heterocycles. The van der Waals surface area contributed by atoms with E-state index in [1.807, 2.05) is 6.07 Å². The van der Waals surface area contributed by atoms with Crippen LogP contribution in [0.2, 0.25) is 5.02 Å². The SMILES string of the molecule is COc1cc(OC)c(-n2c(N)nc3cnccc32)cc1Cl. The second-order valence-corrected chi connectivity index (χ2v) is 4.74. The molecular weight excluding hydrogens is 292 g/mol. The number of pyridine rings is 1. The molecule has 108 valence electrons. The Morgan fingerprint density at radius 2 is 1.95 bits per heavy atom. The Hall–Kier alpha value is -2.47. The van der Waals surface area contributed by atoms with Crippen LogP contribution in [0, 0.1) is 0 Å². The largest absolute Gasteiger partial charge is 0.495 e. The summed E-state index contributed by atoms with van der Waals surface area (Å²) in [6.45, 7) is 0. The van der Waals surface area contributed by atoms with Crippen LogP contribution in [0.4, 0.5) is 5.95 Å². The number of nitrogens with two attached hydrogens (primary N) is 1. The van der Waals surface area contributed by atoms with Crippen molar-refractivity contribution in [1.29, 1.82) is 0 Å². The van der Waals surface area contributed by atoms with Crippen molar-refractivity contribution in [1.82, 2.24) is 14.5 Å². The van der Waals surface area contributed by atoms with Gasteiger partial charge >= 0.3 is 0 Å². The summed E-state index contributed by atoms with van der Waals surface area (Å²) in [4.78, 5) is 8.33. The van der Waals surface area contributed by atoms with Crippen LogP contribution in [0.1, 0.15) is 0 Å². The Kier molecular flexibility index (Phi) is 3.31. The maximum Gasteiger partial charge on any atom is 0.206 e. The second kappa shape index (κ2) is 5.14. The van der Waals surface area contributed by atoms with Crippen LogP contribution >= 0.6 is 11.6 Å². The summed E-state index contributed by atoms with van der Waals surface area (Å²) in [5.41, 5.74) is 8.23. The van der Waals surface area contributed by atoms with Gasteiger partial charge in [0.05, 0.1) is 36.6 Å². The number of nitrogens with zero attached hydrogens (tertiary/aromatic N) is 3. The fourth-order valence-corrected chi connectivity index (χ4v) is 2.46. The minimum atomic E-state index is 0.331. The van der Waals surface area contributed by atoms with E-state index in [2.05, 4.69) is 9.97 Å². The van der Waals surface area contributed by atoms with Gasteiger partial charge in [0.15, 0.2) is 0 Å². The summed E-state index contributed by atoms with van der Waals surface area (Å²) >= 11 is 6.21. The average molecular weight is 305 g/mol. The number of aromatic nitrogens is 3. The fraction of sp³-hybridized carbons (Fsp3) is 0.143. The Morgan fingerprint density at radius 1 is 1.19 bits per heavy atom. The number of imidazole rings is 1. The van der Waals surface area contributed by atoms with Gasteiger partial charge in [0, 0.05) is 12.3 Å². The third-order valence-electron chi connectivity index (χ3n) is 3.18. The maximum absolute atomic E-state index is 6.21. The molecule has 0 bridgehead atoms. The average Bonchev–Trinajstić information content (AvgIpc) is 2.82. The summed E-state index contributed by atoms with van der Waals surface area (Å²) in [6, 6.07) is 5.28. The number of ether oxygens (including phenoxy) is 2. The number of rotatable bonds is 3. The lowest BCUT2D eigenvalue weighted by Crippen LogP contribution is -2.03. The number of nitrogen functional groups attached to an aromatic ring is 1. The Bertz CT molecular complexity index is 816. The number of halogens is 1. The highest BCUT2D eigenvalue weighted by atomic mass is 35.5. The molecule has 0 aliphatic heterocycles. The smallest absolute Gasteiger partial charge is 0.206 e. The van der Waals surface area contributed by atoms with E-state index in [-0.39, 0.29) is 0 Å². The third kappa shape index (κ3) is 2.13. The molecule has 0 saturated carbocycles. The summed E-state index contributed by atoms with van der Waals surface area (Å²) in [5, 5.41) is 0.462. The molecule has 0 atom stereocenters. The molecule has 0 unspecified atom stereocenters. The molecule has 0 spiro atoms. The van der Waals surface area contributed by atoms with E-state index in [9.17, 15) is 0 Å². The van der Waals surface area contributed by atoms with Crippen molar-refractivity contribution in [3.8, 4) is 17.2 Å². The lowest BCUT2D eigenvalue weighted by Gasteiger charge is -2.14. The summed E-state index contributed by atoms with van der Waals surface area (Å²) in [6.07, 6.45) is 3.33. The summed E-state index contributed by atoms with van der Waals surface area (Å²) < 4.78 is 12.4. The number of benzene rings is 1. The van der Waals surface area contributed by atoms with E-state index in [0.29, 0.717) is 33.7 Å². The van der Waals surface area contributed by atoms with Gasteiger partial charge in [-0.05, 0) is 12.1 Å². The van der Waals surface area contributed by atoms with Gasteiger partial charge in [-0.25, -0.2) is 4.98 Å². The van der Waals surface area contributed by atoms with Crippen molar-refractivity contribution in [2.45, 2.75) is 0 Å². The van der Waals surface area contributed by atoms with E-state index in [4.69, 9.17) is 26.8 Å². The van der Waals surface area contributed by atoms with Crippen LogP contribution in [0.25, 0.3) is 16.7 Å². The van der Waals surface area contributed by atoms with Crippen molar-refractivity contribution in [2.75, 3.05) is 20.0 Å². The van der Waals surface area contributed by atoms with Crippen molar-refractivity contribution in [3.63, 3.8) is 0 Å². The zero-order valence-corrected chi connectivity index (χ0v) is 12.3. The van der Waals surface area contributed by atoms with Gasteiger partial charge in [0.25, 0.3) is 0 Å². The quantitative estimate of drug-likeness (QED) is 0.805. The standard InChI is InChI=1S/C14H13ClN4O2/c1-20-12-6-13(21-2)11(5-8(12)15)19-10-3-4-17-7-9(10)18-14(19)16/h3-7H,1-2H3,(H2,16,18). The Balaban J connectivity index is 2.32. The highest BCUT2D eigenvalue weighted by Gasteiger charge is 2.16. The summed E-state index contributed by atoms with van der Waals surface area (Å²) in [5.74, 6) is 1.44.